The first kappa shape index (κ1) is 11.2. The van der Waals surface area contributed by atoms with Gasteiger partial charge >= 0.3 is 0 Å². The van der Waals surface area contributed by atoms with E-state index in [0.29, 0.717) is 18.6 Å². The quantitative estimate of drug-likeness (QED) is 0.905. The number of fused-ring (bicyclic) bond motifs is 1. The van der Waals surface area contributed by atoms with E-state index in [-0.39, 0.29) is 0 Å². The van der Waals surface area contributed by atoms with Gasteiger partial charge in [0.1, 0.15) is 0 Å². The summed E-state index contributed by atoms with van der Waals surface area (Å²) < 4.78 is 7.99. The Labute approximate surface area is 105 Å². The third-order valence-electron chi connectivity index (χ3n) is 3.35. The summed E-state index contributed by atoms with van der Waals surface area (Å²) in [6.45, 7) is 4.95. The van der Waals surface area contributed by atoms with Gasteiger partial charge in [0.2, 0.25) is 0 Å². The molecule has 2 aromatic heterocycles. The van der Waals surface area contributed by atoms with Gasteiger partial charge in [-0.25, -0.2) is 4.98 Å². The van der Waals surface area contributed by atoms with Crippen molar-refractivity contribution >= 4 is 16.3 Å². The molecule has 2 unspecified atom stereocenters. The number of thiazole rings is 1. The molecule has 3 heterocycles. The van der Waals surface area contributed by atoms with E-state index in [1.54, 1.807) is 11.3 Å². The molecule has 1 N–H and O–H groups in total. The number of piperidine rings is 1. The van der Waals surface area contributed by atoms with Crippen LogP contribution in [0.4, 0.5) is 0 Å². The van der Waals surface area contributed by atoms with Crippen LogP contribution < -0.4 is 5.32 Å². The molecule has 0 aromatic carbocycles. The zero-order valence-corrected chi connectivity index (χ0v) is 10.7. The van der Waals surface area contributed by atoms with Crippen molar-refractivity contribution in [2.24, 2.45) is 5.92 Å². The van der Waals surface area contributed by atoms with Crippen LogP contribution in [0.15, 0.2) is 17.8 Å². The molecule has 0 saturated carbocycles. The predicted molar refractivity (Wildman–Crippen MR) is 68.3 cm³/mol. The highest BCUT2D eigenvalue weighted by molar-refractivity contribution is 7.15. The van der Waals surface area contributed by atoms with Gasteiger partial charge in [-0.05, 0) is 18.9 Å². The van der Waals surface area contributed by atoms with Crippen LogP contribution in [0.5, 0.6) is 0 Å². The fourth-order valence-corrected chi connectivity index (χ4v) is 2.94. The summed E-state index contributed by atoms with van der Waals surface area (Å²) in [5, 5.41) is 5.42. The number of aromatic nitrogens is 2. The van der Waals surface area contributed by atoms with Gasteiger partial charge in [-0.2, -0.15) is 0 Å². The molecule has 1 aliphatic heterocycles. The van der Waals surface area contributed by atoms with Gasteiger partial charge in [0, 0.05) is 24.3 Å². The Morgan fingerprint density at radius 2 is 2.59 bits per heavy atom. The van der Waals surface area contributed by atoms with Crippen molar-refractivity contribution < 1.29 is 4.74 Å². The van der Waals surface area contributed by atoms with E-state index in [1.807, 2.05) is 22.2 Å². The molecule has 2 aromatic rings. The number of rotatable bonds is 3. The molecule has 1 aliphatic rings. The summed E-state index contributed by atoms with van der Waals surface area (Å²) in [6, 6.07) is 0. The van der Waals surface area contributed by atoms with Crippen LogP contribution in [0.3, 0.4) is 0 Å². The maximum atomic E-state index is 5.95. The zero-order valence-electron chi connectivity index (χ0n) is 9.93. The molecule has 4 nitrogen and oxygen atoms in total. The second-order valence-corrected chi connectivity index (χ2v) is 5.52. The van der Waals surface area contributed by atoms with E-state index in [4.69, 9.17) is 4.74 Å². The average molecular weight is 251 g/mol. The van der Waals surface area contributed by atoms with Gasteiger partial charge in [0.15, 0.2) is 4.96 Å². The fraction of sp³-hybridized carbons (Fsp3) is 0.583. The minimum Gasteiger partial charge on any atom is -0.370 e. The second kappa shape index (κ2) is 4.76. The molecule has 2 atom stereocenters. The lowest BCUT2D eigenvalue weighted by Crippen LogP contribution is -2.40. The van der Waals surface area contributed by atoms with E-state index in [2.05, 4.69) is 17.2 Å². The third kappa shape index (κ3) is 2.36. The molecule has 0 amide bonds. The zero-order chi connectivity index (χ0) is 11.7. The van der Waals surface area contributed by atoms with Crippen LogP contribution in [0.2, 0.25) is 0 Å². The predicted octanol–water partition coefficient (Wildman–Crippen LogP) is 1.91. The highest BCUT2D eigenvalue weighted by Gasteiger charge is 2.21. The Morgan fingerprint density at radius 1 is 1.65 bits per heavy atom. The maximum Gasteiger partial charge on any atom is 0.193 e. The maximum absolute atomic E-state index is 5.95. The van der Waals surface area contributed by atoms with Gasteiger partial charge in [-0.1, -0.05) is 6.92 Å². The Kier molecular flexibility index (Phi) is 3.13. The van der Waals surface area contributed by atoms with Crippen molar-refractivity contribution in [2.75, 3.05) is 13.1 Å². The Morgan fingerprint density at radius 3 is 3.41 bits per heavy atom. The first-order valence-corrected chi connectivity index (χ1v) is 6.94. The smallest absolute Gasteiger partial charge is 0.193 e. The van der Waals surface area contributed by atoms with Crippen LogP contribution in [0.25, 0.3) is 4.96 Å². The lowest BCUT2D eigenvalue weighted by Gasteiger charge is -2.29. The summed E-state index contributed by atoms with van der Waals surface area (Å²) in [7, 11) is 0. The first-order chi connectivity index (χ1) is 8.33. The summed E-state index contributed by atoms with van der Waals surface area (Å²) in [5.41, 5.74) is 1.02. The van der Waals surface area contributed by atoms with Gasteiger partial charge in [-0.15, -0.1) is 11.3 Å². The summed E-state index contributed by atoms with van der Waals surface area (Å²) >= 11 is 1.65. The molecular weight excluding hydrogens is 234 g/mol. The molecule has 92 valence electrons. The molecule has 0 bridgehead atoms. The van der Waals surface area contributed by atoms with Gasteiger partial charge in [-0.3, -0.25) is 4.40 Å². The standard InChI is InChI=1S/C12H17N3OS/c1-9-2-3-13-6-11(9)16-8-10-7-15-4-5-17-12(15)14-10/h4-5,7,9,11,13H,2-3,6,8H2,1H3. The topological polar surface area (TPSA) is 38.6 Å². The van der Waals surface area contributed by atoms with Crippen molar-refractivity contribution in [3.8, 4) is 0 Å². The van der Waals surface area contributed by atoms with E-state index in [1.165, 1.54) is 6.42 Å². The highest BCUT2D eigenvalue weighted by Crippen LogP contribution is 2.17. The molecule has 17 heavy (non-hydrogen) atoms. The number of imidazole rings is 1. The molecule has 5 heteroatoms. The molecule has 3 rings (SSSR count). The summed E-state index contributed by atoms with van der Waals surface area (Å²) in [5.74, 6) is 0.639. The Bertz CT molecular complexity index is 464. The number of nitrogens with zero attached hydrogens (tertiary/aromatic N) is 2. The molecule has 1 saturated heterocycles. The van der Waals surface area contributed by atoms with E-state index in [0.717, 1.165) is 23.7 Å². The average Bonchev–Trinajstić information content (AvgIpc) is 2.88. The van der Waals surface area contributed by atoms with Crippen molar-refractivity contribution in [3.05, 3.63) is 23.5 Å². The SMILES string of the molecule is CC1CCNCC1OCc1cn2ccsc2n1. The van der Waals surface area contributed by atoms with Gasteiger partial charge in [0.05, 0.1) is 18.4 Å². The van der Waals surface area contributed by atoms with Gasteiger partial charge in [0.25, 0.3) is 0 Å². The lowest BCUT2D eigenvalue weighted by atomic mass is 9.97. The number of ether oxygens (including phenoxy) is 1. The number of nitrogens with one attached hydrogen (secondary N) is 1. The van der Waals surface area contributed by atoms with Crippen LogP contribution in [-0.2, 0) is 11.3 Å². The molecule has 0 spiro atoms. The van der Waals surface area contributed by atoms with Crippen LogP contribution in [0.1, 0.15) is 19.0 Å². The largest absolute Gasteiger partial charge is 0.370 e. The van der Waals surface area contributed by atoms with Crippen LogP contribution in [-0.4, -0.2) is 28.6 Å². The van der Waals surface area contributed by atoms with Crippen molar-refractivity contribution in [1.29, 1.82) is 0 Å². The molecule has 0 aliphatic carbocycles. The van der Waals surface area contributed by atoms with E-state index in [9.17, 15) is 0 Å². The monoisotopic (exact) mass is 251 g/mol. The van der Waals surface area contributed by atoms with Crippen molar-refractivity contribution in [1.82, 2.24) is 14.7 Å². The Hall–Kier alpha value is -0.910. The summed E-state index contributed by atoms with van der Waals surface area (Å²) in [4.78, 5) is 5.56. The summed E-state index contributed by atoms with van der Waals surface area (Å²) in [6.07, 6.45) is 5.60. The van der Waals surface area contributed by atoms with Crippen LogP contribution >= 0.6 is 11.3 Å². The minimum atomic E-state index is 0.323. The number of hydrogen-bond donors (Lipinski definition) is 1. The molecule has 1 fully saturated rings. The first-order valence-electron chi connectivity index (χ1n) is 6.06. The lowest BCUT2D eigenvalue weighted by molar-refractivity contribution is -0.00779. The minimum absolute atomic E-state index is 0.323. The Balaban J connectivity index is 1.61. The molecule has 0 radical (unpaired) electrons. The highest BCUT2D eigenvalue weighted by atomic mass is 32.1. The van der Waals surface area contributed by atoms with E-state index >= 15 is 0 Å². The van der Waals surface area contributed by atoms with Crippen molar-refractivity contribution in [2.45, 2.75) is 26.1 Å². The fourth-order valence-electron chi connectivity index (χ4n) is 2.22. The second-order valence-electron chi connectivity index (χ2n) is 4.64. The number of hydrogen-bond acceptors (Lipinski definition) is 4. The van der Waals surface area contributed by atoms with Gasteiger partial charge < -0.3 is 10.1 Å². The normalized spacial score (nSPS) is 25.5. The third-order valence-corrected chi connectivity index (χ3v) is 4.12. The van der Waals surface area contributed by atoms with Crippen LogP contribution in [0, 0.1) is 5.92 Å². The molecular formula is C12H17N3OS. The van der Waals surface area contributed by atoms with E-state index < -0.39 is 0 Å². The van der Waals surface area contributed by atoms with Crippen molar-refractivity contribution in [3.63, 3.8) is 0 Å².